The zero-order valence-corrected chi connectivity index (χ0v) is 6.08. The lowest BCUT2D eigenvalue weighted by atomic mass is 10.4. The van der Waals surface area contributed by atoms with Crippen LogP contribution >= 0.6 is 0 Å². The van der Waals surface area contributed by atoms with Gasteiger partial charge in [-0.2, -0.15) is 5.06 Å². The largest absolute Gasteiger partial charge is 0.272 e. The molecule has 1 aliphatic rings. The van der Waals surface area contributed by atoms with Gasteiger partial charge in [-0.3, -0.25) is 14.4 Å². The maximum absolute atomic E-state index is 10.8. The van der Waals surface area contributed by atoms with Crippen molar-refractivity contribution in [1.29, 1.82) is 0 Å². The van der Waals surface area contributed by atoms with E-state index < -0.39 is 0 Å². The molecule has 0 bridgehead atoms. The number of imide groups is 1. The molecule has 2 amide bonds. The summed E-state index contributed by atoms with van der Waals surface area (Å²) < 4.78 is 0. The van der Waals surface area contributed by atoms with E-state index in [-0.39, 0.29) is 31.3 Å². The SMILES string of the molecule is C=CCON1C(=O)CCC1=O. The van der Waals surface area contributed by atoms with E-state index in [1.807, 2.05) is 0 Å². The number of amides is 2. The van der Waals surface area contributed by atoms with Crippen molar-refractivity contribution in [1.82, 2.24) is 5.06 Å². The van der Waals surface area contributed by atoms with Crippen LogP contribution in [0.5, 0.6) is 0 Å². The van der Waals surface area contributed by atoms with Crippen molar-refractivity contribution in [3.8, 4) is 0 Å². The molecule has 0 aromatic heterocycles. The first-order valence-electron chi connectivity index (χ1n) is 3.35. The third-order valence-electron chi connectivity index (χ3n) is 1.33. The first-order valence-corrected chi connectivity index (χ1v) is 3.35. The fourth-order valence-electron chi connectivity index (χ4n) is 0.827. The number of hydrogen-bond acceptors (Lipinski definition) is 3. The Kier molecular flexibility index (Phi) is 2.38. The highest BCUT2D eigenvalue weighted by Crippen LogP contribution is 2.11. The van der Waals surface area contributed by atoms with Gasteiger partial charge >= 0.3 is 0 Å². The average molecular weight is 155 g/mol. The molecule has 0 aliphatic carbocycles. The van der Waals surface area contributed by atoms with Crippen LogP contribution in [0.25, 0.3) is 0 Å². The minimum absolute atomic E-state index is 0.192. The molecule has 1 saturated heterocycles. The van der Waals surface area contributed by atoms with Crippen molar-refractivity contribution >= 4 is 11.8 Å². The lowest BCUT2D eigenvalue weighted by Gasteiger charge is -2.10. The number of carbonyl (C=O) groups excluding carboxylic acids is 2. The van der Waals surface area contributed by atoms with Gasteiger partial charge in [-0.1, -0.05) is 6.08 Å². The third kappa shape index (κ3) is 1.65. The summed E-state index contributed by atoms with van der Waals surface area (Å²) in [4.78, 5) is 26.5. The fourth-order valence-corrected chi connectivity index (χ4v) is 0.827. The molecule has 1 rings (SSSR count). The van der Waals surface area contributed by atoms with E-state index >= 15 is 0 Å². The predicted octanol–water partition coefficient (Wildman–Crippen LogP) is 0.253. The van der Waals surface area contributed by atoms with E-state index in [0.717, 1.165) is 5.06 Å². The van der Waals surface area contributed by atoms with Gasteiger partial charge in [0.25, 0.3) is 11.8 Å². The maximum atomic E-state index is 10.8. The molecule has 60 valence electrons. The summed E-state index contributed by atoms with van der Waals surface area (Å²) in [5, 5.41) is 0.807. The van der Waals surface area contributed by atoms with E-state index in [9.17, 15) is 9.59 Å². The second-order valence-corrected chi connectivity index (χ2v) is 2.17. The van der Waals surface area contributed by atoms with Crippen LogP contribution in [-0.4, -0.2) is 23.5 Å². The van der Waals surface area contributed by atoms with E-state index in [1.165, 1.54) is 6.08 Å². The summed E-state index contributed by atoms with van der Waals surface area (Å²) >= 11 is 0. The number of hydrogen-bond donors (Lipinski definition) is 0. The topological polar surface area (TPSA) is 46.6 Å². The summed E-state index contributed by atoms with van der Waals surface area (Å²) in [5.41, 5.74) is 0. The molecule has 4 heteroatoms. The van der Waals surface area contributed by atoms with Gasteiger partial charge in [-0.05, 0) is 0 Å². The second-order valence-electron chi connectivity index (χ2n) is 2.17. The van der Waals surface area contributed by atoms with Crippen LogP contribution in [0, 0.1) is 0 Å². The highest BCUT2D eigenvalue weighted by Gasteiger charge is 2.29. The average Bonchev–Trinajstić information content (AvgIpc) is 2.29. The maximum Gasteiger partial charge on any atom is 0.254 e. The van der Waals surface area contributed by atoms with E-state index in [2.05, 4.69) is 6.58 Å². The summed E-state index contributed by atoms with van der Waals surface area (Å²) in [6, 6.07) is 0. The zero-order chi connectivity index (χ0) is 8.27. The number of rotatable bonds is 3. The van der Waals surface area contributed by atoms with Crippen LogP contribution in [0.2, 0.25) is 0 Å². The molecule has 0 spiro atoms. The molecular formula is C7H9NO3. The Balaban J connectivity index is 2.47. The quantitative estimate of drug-likeness (QED) is 0.433. The predicted molar refractivity (Wildman–Crippen MR) is 37.2 cm³/mol. The minimum Gasteiger partial charge on any atom is -0.272 e. The van der Waals surface area contributed by atoms with Gasteiger partial charge in [-0.25, -0.2) is 0 Å². The highest BCUT2D eigenvalue weighted by molar-refractivity contribution is 6.00. The van der Waals surface area contributed by atoms with Crippen LogP contribution in [0.15, 0.2) is 12.7 Å². The Labute approximate surface area is 64.4 Å². The summed E-state index contributed by atoms with van der Waals surface area (Å²) in [7, 11) is 0. The molecule has 0 aromatic rings. The summed E-state index contributed by atoms with van der Waals surface area (Å²) in [5.74, 6) is -0.534. The van der Waals surface area contributed by atoms with Crippen molar-refractivity contribution in [2.24, 2.45) is 0 Å². The fraction of sp³-hybridized carbons (Fsp3) is 0.429. The minimum atomic E-state index is -0.267. The Morgan fingerprint density at radius 3 is 2.45 bits per heavy atom. The van der Waals surface area contributed by atoms with Crippen LogP contribution in [-0.2, 0) is 14.4 Å². The lowest BCUT2D eigenvalue weighted by molar-refractivity contribution is -0.184. The monoisotopic (exact) mass is 155 g/mol. The Morgan fingerprint density at radius 1 is 1.45 bits per heavy atom. The highest BCUT2D eigenvalue weighted by atomic mass is 16.7. The molecule has 0 saturated carbocycles. The van der Waals surface area contributed by atoms with E-state index in [0.29, 0.717) is 0 Å². The van der Waals surface area contributed by atoms with Crippen molar-refractivity contribution in [3.05, 3.63) is 12.7 Å². The van der Waals surface area contributed by atoms with Gasteiger partial charge in [0, 0.05) is 12.8 Å². The molecule has 0 unspecified atom stereocenters. The summed E-state index contributed by atoms with van der Waals surface area (Å²) in [6.45, 7) is 3.59. The molecular weight excluding hydrogens is 146 g/mol. The number of hydroxylamine groups is 2. The molecule has 1 aliphatic heterocycles. The zero-order valence-electron chi connectivity index (χ0n) is 6.08. The smallest absolute Gasteiger partial charge is 0.254 e. The van der Waals surface area contributed by atoms with Crippen molar-refractivity contribution in [3.63, 3.8) is 0 Å². The van der Waals surface area contributed by atoms with Gasteiger partial charge in [0.2, 0.25) is 0 Å². The summed E-state index contributed by atoms with van der Waals surface area (Å²) in [6.07, 6.45) is 2.00. The van der Waals surface area contributed by atoms with Crippen LogP contribution < -0.4 is 0 Å². The third-order valence-corrected chi connectivity index (χ3v) is 1.33. The first-order chi connectivity index (χ1) is 5.25. The Hall–Kier alpha value is -1.16. The number of carbonyl (C=O) groups is 2. The van der Waals surface area contributed by atoms with Crippen molar-refractivity contribution in [2.75, 3.05) is 6.61 Å². The molecule has 1 fully saturated rings. The van der Waals surface area contributed by atoms with Crippen LogP contribution in [0.3, 0.4) is 0 Å². The normalized spacial score (nSPS) is 17.6. The van der Waals surface area contributed by atoms with Gasteiger partial charge in [0.05, 0.1) is 6.61 Å². The molecule has 0 aromatic carbocycles. The van der Waals surface area contributed by atoms with E-state index in [1.54, 1.807) is 0 Å². The number of nitrogens with zero attached hydrogens (tertiary/aromatic N) is 1. The van der Waals surface area contributed by atoms with Gasteiger partial charge < -0.3 is 0 Å². The molecule has 11 heavy (non-hydrogen) atoms. The Bertz CT molecular complexity index is 184. The second kappa shape index (κ2) is 3.30. The molecule has 4 nitrogen and oxygen atoms in total. The van der Waals surface area contributed by atoms with Crippen LogP contribution in [0.1, 0.15) is 12.8 Å². The van der Waals surface area contributed by atoms with Crippen LogP contribution in [0.4, 0.5) is 0 Å². The molecule has 0 radical (unpaired) electrons. The molecule has 0 atom stereocenters. The first kappa shape index (κ1) is 7.94. The van der Waals surface area contributed by atoms with Crippen molar-refractivity contribution in [2.45, 2.75) is 12.8 Å². The Morgan fingerprint density at radius 2 is 2.00 bits per heavy atom. The standard InChI is InChI=1S/C7H9NO3/c1-2-5-11-8-6(9)3-4-7(8)10/h2H,1,3-5H2. The van der Waals surface area contributed by atoms with Gasteiger partial charge in [-0.15, -0.1) is 6.58 Å². The van der Waals surface area contributed by atoms with Crippen molar-refractivity contribution < 1.29 is 14.4 Å². The van der Waals surface area contributed by atoms with Gasteiger partial charge in [0.1, 0.15) is 0 Å². The molecule has 1 heterocycles. The molecule has 0 N–H and O–H groups in total. The van der Waals surface area contributed by atoms with Gasteiger partial charge in [0.15, 0.2) is 0 Å². The van der Waals surface area contributed by atoms with E-state index in [4.69, 9.17) is 4.84 Å². The lowest BCUT2D eigenvalue weighted by Crippen LogP contribution is -2.29.